The van der Waals surface area contributed by atoms with E-state index in [4.69, 9.17) is 0 Å². The molecule has 1 heterocycles. The van der Waals surface area contributed by atoms with Gasteiger partial charge in [0, 0.05) is 13.3 Å². The van der Waals surface area contributed by atoms with E-state index in [0.29, 0.717) is 5.70 Å². The molecule has 5 heteroatoms. The summed E-state index contributed by atoms with van der Waals surface area (Å²) in [5.74, 6) is -0.387. The van der Waals surface area contributed by atoms with Gasteiger partial charge < -0.3 is 10.2 Å². The Balaban J connectivity index is 3.27. The summed E-state index contributed by atoms with van der Waals surface area (Å²) in [6.45, 7) is 10.1. The number of hydrogen-bond donors (Lipinski definition) is 1. The number of hydrogen-bond acceptors (Lipinski definition) is 3. The number of likely N-dealkylation sites (N-methyl/N-ethyl adjacent to an activating group) is 1. The Labute approximate surface area is 120 Å². The van der Waals surface area contributed by atoms with E-state index in [1.54, 1.807) is 19.3 Å². The fourth-order valence-electron chi connectivity index (χ4n) is 1.74. The fourth-order valence-corrected chi connectivity index (χ4v) is 1.74. The average Bonchev–Trinajstić information content (AvgIpc) is 2.32. The molecule has 1 aliphatic rings. The molecule has 0 unspecified atom stereocenters. The predicted molar refractivity (Wildman–Crippen MR) is 80.2 cm³/mol. The molecule has 20 heavy (non-hydrogen) atoms. The molecule has 0 aromatic carbocycles. The standard InChI is InChI=1S/C15H23N3O2/c1-7-16-11(10(2)15(3,4)5)8-12-14(20)18(6)9-13(19)17-12/h7-8H,9H2,1-6H3,(H,17,19)/b11-10+,12-8-,16-7-. The van der Waals surface area contributed by atoms with E-state index in [1.165, 1.54) is 4.90 Å². The maximum atomic E-state index is 12.1. The molecule has 5 nitrogen and oxygen atoms in total. The van der Waals surface area contributed by atoms with Crippen LogP contribution in [0.5, 0.6) is 0 Å². The summed E-state index contributed by atoms with van der Waals surface area (Å²) in [7, 11) is 1.61. The minimum Gasteiger partial charge on any atom is -0.331 e. The fraction of sp³-hybridized carbons (Fsp3) is 0.533. The molecular formula is C15H23N3O2. The SMILES string of the molecule is C\C=N/C(/C=C1\NC(=O)CN(C)C1=O)=C(\C)C(C)(C)C. The Hall–Kier alpha value is -1.91. The molecule has 0 aromatic heterocycles. The molecular weight excluding hydrogens is 254 g/mol. The van der Waals surface area contributed by atoms with Gasteiger partial charge in [-0.3, -0.25) is 14.6 Å². The molecule has 0 aromatic rings. The first-order chi connectivity index (χ1) is 9.16. The van der Waals surface area contributed by atoms with Crippen molar-refractivity contribution in [2.75, 3.05) is 13.6 Å². The van der Waals surface area contributed by atoms with Crippen LogP contribution < -0.4 is 5.32 Å². The van der Waals surface area contributed by atoms with Crippen LogP contribution in [0.3, 0.4) is 0 Å². The second-order valence-electron chi connectivity index (χ2n) is 5.91. The van der Waals surface area contributed by atoms with Crippen LogP contribution in [0.1, 0.15) is 34.6 Å². The average molecular weight is 277 g/mol. The molecule has 0 saturated carbocycles. The van der Waals surface area contributed by atoms with Gasteiger partial charge in [0.1, 0.15) is 5.70 Å². The number of aliphatic imine (C=N–C) groups is 1. The van der Waals surface area contributed by atoms with Crippen LogP contribution in [0.4, 0.5) is 0 Å². The topological polar surface area (TPSA) is 61.8 Å². The highest BCUT2D eigenvalue weighted by atomic mass is 16.2. The van der Waals surface area contributed by atoms with Crippen molar-refractivity contribution >= 4 is 18.0 Å². The number of amides is 2. The molecule has 1 saturated heterocycles. The van der Waals surface area contributed by atoms with Crippen molar-refractivity contribution in [1.29, 1.82) is 0 Å². The van der Waals surface area contributed by atoms with E-state index in [0.717, 1.165) is 5.57 Å². The third-order valence-electron chi connectivity index (χ3n) is 3.29. The van der Waals surface area contributed by atoms with Crippen LogP contribution in [0, 0.1) is 5.41 Å². The van der Waals surface area contributed by atoms with Crippen LogP contribution in [0.15, 0.2) is 28.0 Å². The summed E-state index contributed by atoms with van der Waals surface area (Å²) in [6.07, 6.45) is 3.33. The van der Waals surface area contributed by atoms with Gasteiger partial charge in [-0.1, -0.05) is 20.8 Å². The van der Waals surface area contributed by atoms with E-state index >= 15 is 0 Å². The molecule has 0 aliphatic carbocycles. The maximum Gasteiger partial charge on any atom is 0.270 e. The first-order valence-electron chi connectivity index (χ1n) is 6.64. The Kier molecular flexibility index (Phi) is 4.87. The third kappa shape index (κ3) is 3.79. The number of rotatable bonds is 2. The highest BCUT2D eigenvalue weighted by molar-refractivity contribution is 6.03. The Bertz CT molecular complexity index is 508. The van der Waals surface area contributed by atoms with Gasteiger partial charge in [-0.15, -0.1) is 0 Å². The quantitative estimate of drug-likeness (QED) is 0.618. The summed E-state index contributed by atoms with van der Waals surface area (Å²) in [4.78, 5) is 29.3. The molecule has 0 bridgehead atoms. The second kappa shape index (κ2) is 6.03. The lowest BCUT2D eigenvalue weighted by Crippen LogP contribution is -2.48. The summed E-state index contributed by atoms with van der Waals surface area (Å²) < 4.78 is 0. The number of piperazine rings is 1. The molecule has 0 radical (unpaired) electrons. The zero-order valence-electron chi connectivity index (χ0n) is 13.1. The van der Waals surface area contributed by atoms with Crippen molar-refractivity contribution in [2.24, 2.45) is 10.4 Å². The summed E-state index contributed by atoms with van der Waals surface area (Å²) >= 11 is 0. The monoisotopic (exact) mass is 277 g/mol. The van der Waals surface area contributed by atoms with Crippen molar-refractivity contribution in [3.63, 3.8) is 0 Å². The Morgan fingerprint density at radius 3 is 2.45 bits per heavy atom. The number of allylic oxidation sites excluding steroid dienone is 2. The Morgan fingerprint density at radius 1 is 1.35 bits per heavy atom. The van der Waals surface area contributed by atoms with Gasteiger partial charge in [-0.25, -0.2) is 0 Å². The maximum absolute atomic E-state index is 12.1. The zero-order chi connectivity index (χ0) is 15.5. The van der Waals surface area contributed by atoms with E-state index in [9.17, 15) is 9.59 Å². The Morgan fingerprint density at radius 2 is 1.95 bits per heavy atom. The summed E-state index contributed by atoms with van der Waals surface area (Å²) in [5, 5.41) is 2.61. The van der Waals surface area contributed by atoms with Gasteiger partial charge in [0.15, 0.2) is 0 Å². The molecule has 1 aliphatic heterocycles. The van der Waals surface area contributed by atoms with E-state index in [2.05, 4.69) is 31.1 Å². The van der Waals surface area contributed by atoms with Gasteiger partial charge in [0.25, 0.3) is 5.91 Å². The van der Waals surface area contributed by atoms with Crippen LogP contribution in [-0.2, 0) is 9.59 Å². The highest BCUT2D eigenvalue weighted by Crippen LogP contribution is 2.29. The lowest BCUT2D eigenvalue weighted by molar-refractivity contribution is -0.136. The normalized spacial score (nSPS) is 20.5. The van der Waals surface area contributed by atoms with Crippen LogP contribution in [0.2, 0.25) is 0 Å². The first-order valence-corrected chi connectivity index (χ1v) is 6.64. The first kappa shape index (κ1) is 16.1. The van der Waals surface area contributed by atoms with E-state index < -0.39 is 0 Å². The molecule has 1 rings (SSSR count). The second-order valence-corrected chi connectivity index (χ2v) is 5.91. The number of carbonyl (C=O) groups excluding carboxylic acids is 2. The van der Waals surface area contributed by atoms with Crippen molar-refractivity contribution in [1.82, 2.24) is 10.2 Å². The number of nitrogens with one attached hydrogen (secondary N) is 1. The van der Waals surface area contributed by atoms with Gasteiger partial charge in [0.2, 0.25) is 5.91 Å². The molecule has 110 valence electrons. The lowest BCUT2D eigenvalue weighted by atomic mass is 9.86. The molecule has 2 amide bonds. The van der Waals surface area contributed by atoms with Crippen LogP contribution >= 0.6 is 0 Å². The minimum atomic E-state index is -0.199. The largest absolute Gasteiger partial charge is 0.331 e. The number of carbonyl (C=O) groups is 2. The van der Waals surface area contributed by atoms with Gasteiger partial charge >= 0.3 is 0 Å². The van der Waals surface area contributed by atoms with Crippen molar-refractivity contribution in [3.8, 4) is 0 Å². The highest BCUT2D eigenvalue weighted by Gasteiger charge is 2.26. The van der Waals surface area contributed by atoms with Crippen LogP contribution in [0.25, 0.3) is 0 Å². The van der Waals surface area contributed by atoms with Crippen molar-refractivity contribution in [2.45, 2.75) is 34.6 Å². The molecule has 1 fully saturated rings. The van der Waals surface area contributed by atoms with Gasteiger partial charge in [-0.05, 0) is 30.9 Å². The lowest BCUT2D eigenvalue weighted by Gasteiger charge is -2.25. The molecule has 1 N–H and O–H groups in total. The molecule has 0 atom stereocenters. The van der Waals surface area contributed by atoms with Gasteiger partial charge in [-0.2, -0.15) is 0 Å². The molecule has 0 spiro atoms. The minimum absolute atomic E-state index is 0.0630. The third-order valence-corrected chi connectivity index (χ3v) is 3.29. The predicted octanol–water partition coefficient (Wildman–Crippen LogP) is 1.87. The zero-order valence-corrected chi connectivity index (χ0v) is 13.1. The van der Waals surface area contributed by atoms with Gasteiger partial charge in [0.05, 0.1) is 12.2 Å². The number of nitrogens with zero attached hydrogens (tertiary/aromatic N) is 2. The van der Waals surface area contributed by atoms with Crippen molar-refractivity contribution in [3.05, 3.63) is 23.0 Å². The van der Waals surface area contributed by atoms with Crippen LogP contribution in [-0.4, -0.2) is 36.5 Å². The van der Waals surface area contributed by atoms with E-state index in [1.807, 2.05) is 13.8 Å². The van der Waals surface area contributed by atoms with E-state index in [-0.39, 0.29) is 29.5 Å². The smallest absolute Gasteiger partial charge is 0.270 e. The summed E-state index contributed by atoms with van der Waals surface area (Å²) in [5.41, 5.74) is 1.97. The summed E-state index contributed by atoms with van der Waals surface area (Å²) in [6, 6.07) is 0. The van der Waals surface area contributed by atoms with Crippen molar-refractivity contribution < 1.29 is 9.59 Å².